The molecule has 0 saturated carbocycles. The Morgan fingerprint density at radius 2 is 1.77 bits per heavy atom. The number of carbonyl (C=O) groups is 1. The van der Waals surface area contributed by atoms with Crippen LogP contribution < -0.4 is 0 Å². The summed E-state index contributed by atoms with van der Waals surface area (Å²) in [5.41, 5.74) is 1.15. The fourth-order valence-corrected chi connectivity index (χ4v) is 4.47. The Morgan fingerprint density at radius 1 is 1.00 bits per heavy atom. The zero-order valence-electron chi connectivity index (χ0n) is 15.7. The molecule has 0 aromatic heterocycles. The van der Waals surface area contributed by atoms with Crippen LogP contribution in [0.5, 0.6) is 0 Å². The number of nitrogens with zero attached hydrogens (tertiary/aromatic N) is 3. The fourth-order valence-electron chi connectivity index (χ4n) is 4.47. The lowest BCUT2D eigenvalue weighted by Gasteiger charge is -2.41. The Morgan fingerprint density at radius 3 is 2.62 bits per heavy atom. The first kappa shape index (κ1) is 17.5. The van der Waals surface area contributed by atoms with Crippen molar-refractivity contribution in [2.45, 2.75) is 25.3 Å². The number of piperazine rings is 1. The zero-order valence-corrected chi connectivity index (χ0v) is 15.7. The van der Waals surface area contributed by atoms with E-state index in [0.717, 1.165) is 31.7 Å². The van der Waals surface area contributed by atoms with Crippen molar-refractivity contribution in [3.8, 4) is 0 Å². The van der Waals surface area contributed by atoms with Crippen LogP contribution in [0.25, 0.3) is 10.8 Å². The van der Waals surface area contributed by atoms with Crippen LogP contribution in [0.3, 0.4) is 0 Å². The normalized spacial score (nSPS) is 22.2. The van der Waals surface area contributed by atoms with Crippen molar-refractivity contribution in [1.29, 1.82) is 0 Å². The highest BCUT2D eigenvalue weighted by molar-refractivity contribution is 5.90. The van der Waals surface area contributed by atoms with Crippen LogP contribution in [0.4, 0.5) is 0 Å². The van der Waals surface area contributed by atoms with Crippen LogP contribution >= 0.6 is 0 Å². The Bertz CT molecular complexity index is 764. The van der Waals surface area contributed by atoms with E-state index in [4.69, 9.17) is 0 Å². The third-order valence-electron chi connectivity index (χ3n) is 5.90. The molecule has 4 rings (SSSR count). The summed E-state index contributed by atoms with van der Waals surface area (Å²) in [6.45, 7) is 6.19. The highest BCUT2D eigenvalue weighted by atomic mass is 16.2. The first-order chi connectivity index (χ1) is 12.7. The van der Waals surface area contributed by atoms with E-state index in [2.05, 4.69) is 64.2 Å². The second kappa shape index (κ2) is 7.77. The van der Waals surface area contributed by atoms with Crippen LogP contribution in [0.1, 0.15) is 18.4 Å². The molecule has 0 bridgehead atoms. The average molecular weight is 351 g/mol. The standard InChI is InChI=1S/C22H29N3O/c1-23-13-14-25(20(16-23)17-24-11-4-5-12-24)22(26)15-19-9-6-8-18-7-2-3-10-21(18)19/h2-3,6-10,20H,4-5,11-17H2,1H3. The van der Waals surface area contributed by atoms with Crippen molar-refractivity contribution in [1.82, 2.24) is 14.7 Å². The van der Waals surface area contributed by atoms with Crippen LogP contribution in [-0.2, 0) is 11.2 Å². The SMILES string of the molecule is CN1CCN(C(=O)Cc2cccc3ccccc23)C(CN2CCCC2)C1. The third kappa shape index (κ3) is 3.76. The highest BCUT2D eigenvalue weighted by Crippen LogP contribution is 2.21. The number of likely N-dealkylation sites (tertiary alicyclic amines) is 1. The minimum absolute atomic E-state index is 0.277. The van der Waals surface area contributed by atoms with Gasteiger partial charge in [-0.2, -0.15) is 0 Å². The number of carbonyl (C=O) groups excluding carboxylic acids is 1. The molecule has 26 heavy (non-hydrogen) atoms. The Hall–Kier alpha value is -1.91. The maximum atomic E-state index is 13.2. The fraction of sp³-hybridized carbons (Fsp3) is 0.500. The van der Waals surface area contributed by atoms with Gasteiger partial charge in [0.15, 0.2) is 0 Å². The van der Waals surface area contributed by atoms with E-state index in [1.807, 2.05) is 0 Å². The summed E-state index contributed by atoms with van der Waals surface area (Å²) in [7, 11) is 2.17. The van der Waals surface area contributed by atoms with Gasteiger partial charge in [-0.25, -0.2) is 0 Å². The molecule has 4 nitrogen and oxygen atoms in total. The second-order valence-electron chi connectivity index (χ2n) is 7.83. The molecule has 2 aromatic carbocycles. The van der Waals surface area contributed by atoms with Crippen molar-refractivity contribution in [2.24, 2.45) is 0 Å². The van der Waals surface area contributed by atoms with Gasteiger partial charge < -0.3 is 14.7 Å². The summed E-state index contributed by atoms with van der Waals surface area (Å²) in [5.74, 6) is 0.277. The maximum Gasteiger partial charge on any atom is 0.227 e. The minimum atomic E-state index is 0.277. The lowest BCUT2D eigenvalue weighted by Crippen LogP contribution is -2.58. The molecule has 2 saturated heterocycles. The van der Waals surface area contributed by atoms with Gasteiger partial charge in [0.05, 0.1) is 12.5 Å². The molecule has 2 aromatic rings. The summed E-state index contributed by atoms with van der Waals surface area (Å²) in [6, 6.07) is 15.0. The highest BCUT2D eigenvalue weighted by Gasteiger charge is 2.31. The number of amides is 1. The van der Waals surface area contributed by atoms with E-state index in [1.165, 1.54) is 36.7 Å². The quantitative estimate of drug-likeness (QED) is 0.847. The van der Waals surface area contributed by atoms with E-state index in [1.54, 1.807) is 0 Å². The molecule has 2 heterocycles. The van der Waals surface area contributed by atoms with Crippen LogP contribution in [-0.4, -0.2) is 73.0 Å². The molecule has 4 heteroatoms. The van der Waals surface area contributed by atoms with E-state index in [9.17, 15) is 4.79 Å². The van der Waals surface area contributed by atoms with Crippen molar-refractivity contribution in [3.63, 3.8) is 0 Å². The van der Waals surface area contributed by atoms with Gasteiger partial charge in [-0.15, -0.1) is 0 Å². The average Bonchev–Trinajstić information content (AvgIpc) is 3.15. The minimum Gasteiger partial charge on any atom is -0.336 e. The largest absolute Gasteiger partial charge is 0.336 e. The van der Waals surface area contributed by atoms with Crippen molar-refractivity contribution >= 4 is 16.7 Å². The summed E-state index contributed by atoms with van der Waals surface area (Å²) >= 11 is 0. The van der Waals surface area contributed by atoms with Gasteiger partial charge in [-0.3, -0.25) is 4.79 Å². The molecule has 138 valence electrons. The van der Waals surface area contributed by atoms with Crippen molar-refractivity contribution in [3.05, 3.63) is 48.0 Å². The van der Waals surface area contributed by atoms with Crippen molar-refractivity contribution in [2.75, 3.05) is 46.3 Å². The molecule has 1 atom stereocenters. The van der Waals surface area contributed by atoms with Gasteiger partial charge >= 0.3 is 0 Å². The summed E-state index contributed by atoms with van der Waals surface area (Å²) in [6.07, 6.45) is 3.10. The molecular weight excluding hydrogens is 322 g/mol. The Labute approximate surface area is 156 Å². The molecule has 1 unspecified atom stereocenters. The van der Waals surface area contributed by atoms with E-state index >= 15 is 0 Å². The topological polar surface area (TPSA) is 26.8 Å². The summed E-state index contributed by atoms with van der Waals surface area (Å²) < 4.78 is 0. The molecule has 1 amide bonds. The molecule has 0 spiro atoms. The van der Waals surface area contributed by atoms with Gasteiger partial charge in [0.25, 0.3) is 0 Å². The van der Waals surface area contributed by atoms with Gasteiger partial charge in [-0.1, -0.05) is 42.5 Å². The summed E-state index contributed by atoms with van der Waals surface area (Å²) in [5, 5.41) is 2.42. The van der Waals surface area contributed by atoms with E-state index < -0.39 is 0 Å². The van der Waals surface area contributed by atoms with Gasteiger partial charge in [0.2, 0.25) is 5.91 Å². The molecule has 0 aliphatic carbocycles. The molecule has 2 fully saturated rings. The second-order valence-corrected chi connectivity index (χ2v) is 7.83. The smallest absolute Gasteiger partial charge is 0.227 e. The van der Waals surface area contributed by atoms with Gasteiger partial charge in [-0.05, 0) is 49.3 Å². The number of fused-ring (bicyclic) bond motifs is 1. The predicted molar refractivity (Wildman–Crippen MR) is 106 cm³/mol. The third-order valence-corrected chi connectivity index (χ3v) is 5.90. The van der Waals surface area contributed by atoms with Gasteiger partial charge in [0, 0.05) is 26.2 Å². The van der Waals surface area contributed by atoms with Crippen LogP contribution in [0.2, 0.25) is 0 Å². The molecule has 2 aliphatic heterocycles. The predicted octanol–water partition coefficient (Wildman–Crippen LogP) is 2.62. The van der Waals surface area contributed by atoms with Crippen LogP contribution in [0.15, 0.2) is 42.5 Å². The number of benzene rings is 2. The van der Waals surface area contributed by atoms with E-state index in [0.29, 0.717) is 12.5 Å². The molecule has 0 radical (unpaired) electrons. The monoisotopic (exact) mass is 351 g/mol. The van der Waals surface area contributed by atoms with Crippen LogP contribution in [0, 0.1) is 0 Å². The van der Waals surface area contributed by atoms with Crippen molar-refractivity contribution < 1.29 is 4.79 Å². The lowest BCUT2D eigenvalue weighted by molar-refractivity contribution is -0.135. The number of rotatable bonds is 4. The Balaban J connectivity index is 1.51. The number of hydrogen-bond donors (Lipinski definition) is 0. The first-order valence-electron chi connectivity index (χ1n) is 9.88. The zero-order chi connectivity index (χ0) is 17.9. The first-order valence-corrected chi connectivity index (χ1v) is 9.88. The van der Waals surface area contributed by atoms with Gasteiger partial charge in [0.1, 0.15) is 0 Å². The number of hydrogen-bond acceptors (Lipinski definition) is 3. The Kier molecular flexibility index (Phi) is 5.23. The maximum absolute atomic E-state index is 13.2. The summed E-state index contributed by atoms with van der Waals surface area (Å²) in [4.78, 5) is 20.2. The lowest BCUT2D eigenvalue weighted by atomic mass is 10.0. The van der Waals surface area contributed by atoms with E-state index in [-0.39, 0.29) is 5.91 Å². The molecular formula is C22H29N3O. The number of likely N-dealkylation sites (N-methyl/N-ethyl adjacent to an activating group) is 1. The molecule has 2 aliphatic rings. The molecule has 0 N–H and O–H groups in total.